The van der Waals surface area contributed by atoms with E-state index in [4.69, 9.17) is 5.11 Å². The van der Waals surface area contributed by atoms with Gasteiger partial charge in [0.2, 0.25) is 5.91 Å². The van der Waals surface area contributed by atoms with Crippen LogP contribution < -0.4 is 34.9 Å². The van der Waals surface area contributed by atoms with Crippen molar-refractivity contribution in [2.24, 2.45) is 92.7 Å². The Morgan fingerprint density at radius 2 is 1.02 bits per heavy atom. The number of alkyl halides is 4. The summed E-state index contributed by atoms with van der Waals surface area (Å²) in [5.74, 6) is -6.59. The molecular formula is C49H78F4NNaO10S. The Morgan fingerprint density at radius 3 is 1.39 bits per heavy atom. The Bertz CT molecular complexity index is 1880. The van der Waals surface area contributed by atoms with Gasteiger partial charge in [-0.2, -0.15) is 0 Å². The van der Waals surface area contributed by atoms with E-state index in [0.717, 1.165) is 51.4 Å². The Kier molecular flexibility index (Phi) is 16.1. The van der Waals surface area contributed by atoms with Gasteiger partial charge in [-0.3, -0.25) is 9.59 Å². The topological polar surface area (TPSA) is 205 Å². The summed E-state index contributed by atoms with van der Waals surface area (Å²) in [5, 5.41) is 53.7. The van der Waals surface area contributed by atoms with Crippen molar-refractivity contribution in [1.29, 1.82) is 0 Å². The van der Waals surface area contributed by atoms with Gasteiger partial charge >= 0.3 is 35.5 Å². The van der Waals surface area contributed by atoms with Gasteiger partial charge < -0.3 is 35.4 Å². The molecule has 0 aromatic heterocycles. The third-order valence-corrected chi connectivity index (χ3v) is 21.5. The van der Waals surface area contributed by atoms with Crippen molar-refractivity contribution in [3.05, 3.63) is 0 Å². The normalized spacial score (nSPS) is 47.3. The monoisotopic (exact) mass is 972 g/mol. The molecule has 6 N–H and O–H groups in total. The summed E-state index contributed by atoms with van der Waals surface area (Å²) in [6.07, 6.45) is 5.14. The van der Waals surface area contributed by atoms with Gasteiger partial charge in [0.25, 0.3) is 11.8 Å². The number of carbonyl (C=O) groups excluding carboxylic acids is 1. The van der Waals surface area contributed by atoms with Crippen LogP contribution in [0, 0.1) is 92.7 Å². The number of carbonyl (C=O) groups is 2. The molecule has 8 fully saturated rings. The maximum atomic E-state index is 14.7. The first kappa shape index (κ1) is 54.7. The van der Waals surface area contributed by atoms with Gasteiger partial charge in [0.1, 0.15) is 28.2 Å². The molecule has 17 heteroatoms. The second kappa shape index (κ2) is 19.4. The van der Waals surface area contributed by atoms with Crippen molar-refractivity contribution in [2.45, 2.75) is 193 Å². The standard InChI is InChI=1S/C25H41F2NO6S.C24H38F2O4.Na/c1-14(4-7-21(31)28-13-35(32,33)34)16-5-6-17-22-18(8-9-23(16,17)2)24(3)12-25(26,27)20(30)11-15(24)10-19(22)29;1-13(4-7-20(29)30)15-5-6-16-21-17(8-9-22(15,16)2)23(3)12-24(25,26)19(28)11-14(23)10-18(21)27;/h14-20,22,29-30H,4-13H2,1-3H3,(H,28,31)(H,32,33,34);13-19,21,27-28H,4-12H2,1-3H3,(H,29,30);/q;;+1/p-1/t14-,15-,16-,17?,18?,19+,20-,22?,23-,24+;13-,14-,15-,16?,17?,18+,19-,21?,22-,23+;/m11./s1. The van der Waals surface area contributed by atoms with Crippen molar-refractivity contribution in [3.8, 4) is 0 Å². The minimum absolute atomic E-state index is 0. The van der Waals surface area contributed by atoms with Gasteiger partial charge in [-0.1, -0.05) is 41.5 Å². The molecule has 11 nitrogen and oxygen atoms in total. The van der Waals surface area contributed by atoms with Crippen molar-refractivity contribution >= 4 is 22.0 Å². The molecule has 8 saturated carbocycles. The molecule has 0 radical (unpaired) electrons. The van der Waals surface area contributed by atoms with E-state index in [9.17, 15) is 60.5 Å². The van der Waals surface area contributed by atoms with Crippen LogP contribution in [-0.4, -0.2) is 92.5 Å². The zero-order valence-electron chi connectivity index (χ0n) is 40.4. The number of halogens is 4. The summed E-state index contributed by atoms with van der Waals surface area (Å²) in [6.45, 7) is 12.8. The number of hydrogen-bond donors (Lipinski definition) is 6. The van der Waals surface area contributed by atoms with Crippen LogP contribution in [0.3, 0.4) is 0 Å². The predicted octanol–water partition coefficient (Wildman–Crippen LogP) is 4.98. The van der Waals surface area contributed by atoms with Crippen LogP contribution in [0.15, 0.2) is 0 Å². The van der Waals surface area contributed by atoms with E-state index in [-0.39, 0.29) is 126 Å². The third kappa shape index (κ3) is 9.97. The van der Waals surface area contributed by atoms with Crippen LogP contribution in [0.1, 0.15) is 157 Å². The molecule has 0 aliphatic heterocycles. The van der Waals surface area contributed by atoms with Gasteiger partial charge in [0.15, 0.2) is 0 Å². The number of nitrogens with one attached hydrogen (secondary N) is 1. The van der Waals surface area contributed by atoms with E-state index >= 15 is 0 Å². The second-order valence-corrected chi connectivity index (χ2v) is 25.6. The average molecular weight is 972 g/mol. The molecule has 20 atom stereocenters. The molecular weight excluding hydrogens is 894 g/mol. The Labute approximate surface area is 412 Å². The molecule has 0 aromatic rings. The number of aliphatic hydroxyl groups is 4. The summed E-state index contributed by atoms with van der Waals surface area (Å²) >= 11 is 0. The Hall–Kier alpha value is -0.590. The first-order valence-electron chi connectivity index (χ1n) is 24.9. The molecule has 8 aliphatic carbocycles. The summed E-state index contributed by atoms with van der Waals surface area (Å²) in [7, 11) is -4.51. The fourth-order valence-electron chi connectivity index (χ4n) is 17.8. The molecule has 374 valence electrons. The first-order chi connectivity index (χ1) is 30.0. The smallest absolute Gasteiger partial charge is 0.747 e. The largest absolute Gasteiger partial charge is 1.00 e. The summed E-state index contributed by atoms with van der Waals surface area (Å²) in [5.41, 5.74) is -1.16. The van der Waals surface area contributed by atoms with E-state index in [1.165, 1.54) is 0 Å². The average Bonchev–Trinajstić information content (AvgIpc) is 3.74. The van der Waals surface area contributed by atoms with E-state index in [1.807, 2.05) is 13.8 Å². The molecule has 0 aromatic carbocycles. The minimum Gasteiger partial charge on any atom is -0.747 e. The van der Waals surface area contributed by atoms with Gasteiger partial charge in [-0.05, 0) is 183 Å². The van der Waals surface area contributed by atoms with E-state index in [1.54, 1.807) is 0 Å². The van der Waals surface area contributed by atoms with Gasteiger partial charge in [-0.15, -0.1) is 0 Å². The van der Waals surface area contributed by atoms with Crippen LogP contribution in [0.5, 0.6) is 0 Å². The number of aliphatic hydroxyl groups excluding tert-OH is 4. The summed E-state index contributed by atoms with van der Waals surface area (Å²) in [4.78, 5) is 23.1. The quantitative estimate of drug-likeness (QED) is 0.0985. The maximum absolute atomic E-state index is 14.7. The van der Waals surface area contributed by atoms with E-state index in [0.29, 0.717) is 49.4 Å². The van der Waals surface area contributed by atoms with Gasteiger partial charge in [0.05, 0.1) is 12.2 Å². The molecule has 0 bridgehead atoms. The SMILES string of the molecule is C[C@H](CCC(=O)NCS(=O)(=O)[O-])[C@H]1CCC2C3C(CC[C@@]21C)[C@@]1(C)CC(F)(F)[C@H](O)C[C@H]1C[C@@H]3O.C[C@H](CCC(=O)O)[C@H]1CCC2C3C(CC[C@@]21C)[C@@]1(C)CC(F)(F)[C@H](O)C[C@H]1C[C@@H]3O.[Na+]. The van der Waals surface area contributed by atoms with Crippen LogP contribution in [-0.2, 0) is 19.7 Å². The first-order valence-corrected chi connectivity index (χ1v) is 26.5. The maximum Gasteiger partial charge on any atom is 1.00 e. The van der Waals surface area contributed by atoms with Crippen molar-refractivity contribution in [2.75, 3.05) is 5.88 Å². The molecule has 1 amide bonds. The summed E-state index contributed by atoms with van der Waals surface area (Å²) in [6, 6.07) is 0. The number of hydrogen-bond acceptors (Lipinski definition) is 9. The van der Waals surface area contributed by atoms with Gasteiger partial charge in [-0.25, -0.2) is 26.0 Å². The predicted molar refractivity (Wildman–Crippen MR) is 233 cm³/mol. The van der Waals surface area contributed by atoms with Crippen LogP contribution in [0.4, 0.5) is 17.6 Å². The Balaban J connectivity index is 0.000000217. The zero-order valence-corrected chi connectivity index (χ0v) is 43.2. The number of aliphatic carboxylic acids is 1. The molecule has 0 spiro atoms. The number of carboxylic acid groups (broad SMARTS) is 1. The molecule has 8 rings (SSSR count). The van der Waals surface area contributed by atoms with E-state index < -0.39 is 75.0 Å². The fraction of sp³-hybridized carbons (Fsp3) is 0.959. The fourth-order valence-corrected chi connectivity index (χ4v) is 18.1. The Morgan fingerprint density at radius 1 is 0.636 bits per heavy atom. The van der Waals surface area contributed by atoms with Crippen molar-refractivity contribution < 1.29 is 95.2 Å². The molecule has 66 heavy (non-hydrogen) atoms. The van der Waals surface area contributed by atoms with E-state index in [2.05, 4.69) is 33.0 Å². The van der Waals surface area contributed by atoms with Gasteiger partial charge in [0, 0.05) is 25.7 Å². The number of rotatable bonds is 10. The third-order valence-electron chi connectivity index (χ3n) is 21.0. The number of fused-ring (bicyclic) bond motifs is 10. The van der Waals surface area contributed by atoms with Crippen molar-refractivity contribution in [1.82, 2.24) is 5.32 Å². The number of amides is 1. The molecule has 6 unspecified atom stereocenters. The summed E-state index contributed by atoms with van der Waals surface area (Å²) < 4.78 is 90.7. The number of carboxylic acids is 1. The molecule has 8 aliphatic rings. The second-order valence-electron chi connectivity index (χ2n) is 24.2. The minimum atomic E-state index is -4.51. The van der Waals surface area contributed by atoms with Crippen LogP contribution in [0.2, 0.25) is 0 Å². The molecule has 0 heterocycles. The van der Waals surface area contributed by atoms with Crippen LogP contribution >= 0.6 is 0 Å². The zero-order chi connectivity index (χ0) is 48.0. The molecule has 0 saturated heterocycles. The van der Waals surface area contributed by atoms with Crippen LogP contribution in [0.25, 0.3) is 0 Å². The van der Waals surface area contributed by atoms with Crippen molar-refractivity contribution in [3.63, 3.8) is 0 Å².